The summed E-state index contributed by atoms with van der Waals surface area (Å²) in [6.07, 6.45) is 2.16. The van der Waals surface area contributed by atoms with Gasteiger partial charge in [-0.15, -0.1) is 0 Å². The predicted octanol–water partition coefficient (Wildman–Crippen LogP) is 1.48. The molecule has 2 rings (SSSR count). The fourth-order valence-corrected chi connectivity index (χ4v) is 1.72. The van der Waals surface area contributed by atoms with Gasteiger partial charge in [0.25, 0.3) is 0 Å². The monoisotopic (exact) mass is 214 g/mol. The molecule has 1 aromatic rings. The summed E-state index contributed by atoms with van der Waals surface area (Å²) in [5, 5.41) is 0. The fraction of sp³-hybridized carbons (Fsp3) is 0.154. The van der Waals surface area contributed by atoms with Gasteiger partial charge in [0.15, 0.2) is 5.78 Å². The van der Waals surface area contributed by atoms with Crippen molar-refractivity contribution in [2.45, 2.75) is 13.3 Å². The zero-order chi connectivity index (χ0) is 11.7. The van der Waals surface area contributed by atoms with E-state index in [-0.39, 0.29) is 11.5 Å². The van der Waals surface area contributed by atoms with Crippen LogP contribution in [-0.4, -0.2) is 5.78 Å². The standard InChI is InChI=1S/C13H14N2O/c1-8-2-4-9(5-3-8)10-6-7-11(16)13(15)12(10)14/h2-6H,7,14-15H2,1H3. The second-order valence-corrected chi connectivity index (χ2v) is 3.94. The van der Waals surface area contributed by atoms with E-state index in [4.69, 9.17) is 11.5 Å². The molecule has 0 fully saturated rings. The lowest BCUT2D eigenvalue weighted by molar-refractivity contribution is -0.115. The molecule has 0 aromatic heterocycles. The second-order valence-electron chi connectivity index (χ2n) is 3.94. The van der Waals surface area contributed by atoms with E-state index in [1.165, 1.54) is 5.56 Å². The molecular formula is C13H14N2O. The summed E-state index contributed by atoms with van der Waals surface area (Å²) >= 11 is 0. The van der Waals surface area contributed by atoms with Crippen LogP contribution in [0.25, 0.3) is 5.57 Å². The van der Waals surface area contributed by atoms with Crippen LogP contribution >= 0.6 is 0 Å². The van der Waals surface area contributed by atoms with Gasteiger partial charge in [0.2, 0.25) is 0 Å². The maximum atomic E-state index is 11.3. The molecule has 0 spiro atoms. The van der Waals surface area contributed by atoms with Crippen molar-refractivity contribution in [3.63, 3.8) is 0 Å². The Morgan fingerprint density at radius 1 is 1.06 bits per heavy atom. The molecule has 0 heterocycles. The first-order valence-electron chi connectivity index (χ1n) is 5.15. The number of ketones is 1. The van der Waals surface area contributed by atoms with E-state index in [9.17, 15) is 4.79 Å². The molecule has 3 nitrogen and oxygen atoms in total. The largest absolute Gasteiger partial charge is 0.396 e. The van der Waals surface area contributed by atoms with E-state index in [1.807, 2.05) is 37.3 Å². The average Bonchev–Trinajstić information content (AvgIpc) is 2.28. The lowest BCUT2D eigenvalue weighted by atomic mass is 9.94. The molecule has 0 radical (unpaired) electrons. The van der Waals surface area contributed by atoms with Crippen molar-refractivity contribution in [3.8, 4) is 0 Å². The highest BCUT2D eigenvalue weighted by atomic mass is 16.1. The summed E-state index contributed by atoms with van der Waals surface area (Å²) in [5.74, 6) is -0.103. The van der Waals surface area contributed by atoms with Gasteiger partial charge in [-0.2, -0.15) is 0 Å². The first-order valence-corrected chi connectivity index (χ1v) is 5.15. The highest BCUT2D eigenvalue weighted by Gasteiger charge is 2.18. The van der Waals surface area contributed by atoms with Crippen molar-refractivity contribution in [2.75, 3.05) is 0 Å². The maximum Gasteiger partial charge on any atom is 0.184 e. The molecule has 16 heavy (non-hydrogen) atoms. The highest BCUT2D eigenvalue weighted by Crippen LogP contribution is 2.26. The average molecular weight is 214 g/mol. The van der Waals surface area contributed by atoms with Gasteiger partial charge < -0.3 is 11.5 Å². The first-order chi connectivity index (χ1) is 7.59. The van der Waals surface area contributed by atoms with E-state index in [2.05, 4.69) is 0 Å². The zero-order valence-electron chi connectivity index (χ0n) is 9.16. The Kier molecular flexibility index (Phi) is 2.52. The van der Waals surface area contributed by atoms with Crippen molar-refractivity contribution in [2.24, 2.45) is 11.5 Å². The van der Waals surface area contributed by atoms with E-state index >= 15 is 0 Å². The third-order valence-electron chi connectivity index (χ3n) is 2.73. The van der Waals surface area contributed by atoms with Crippen LogP contribution < -0.4 is 11.5 Å². The number of carbonyl (C=O) groups is 1. The van der Waals surface area contributed by atoms with Crippen LogP contribution in [0.2, 0.25) is 0 Å². The summed E-state index contributed by atoms with van der Waals surface area (Å²) in [6, 6.07) is 7.99. The van der Waals surface area contributed by atoms with E-state index in [0.717, 1.165) is 11.1 Å². The Bertz CT molecular complexity index is 495. The van der Waals surface area contributed by atoms with E-state index in [1.54, 1.807) is 0 Å². The number of rotatable bonds is 1. The summed E-state index contributed by atoms with van der Waals surface area (Å²) in [5.41, 5.74) is 15.1. The number of hydrogen-bond donors (Lipinski definition) is 2. The molecule has 0 saturated carbocycles. The van der Waals surface area contributed by atoms with Gasteiger partial charge in [0.1, 0.15) is 0 Å². The van der Waals surface area contributed by atoms with Crippen molar-refractivity contribution in [3.05, 3.63) is 52.9 Å². The summed E-state index contributed by atoms with van der Waals surface area (Å²) in [7, 11) is 0. The number of carbonyl (C=O) groups excluding carboxylic acids is 1. The van der Waals surface area contributed by atoms with Crippen molar-refractivity contribution in [1.29, 1.82) is 0 Å². The Balaban J connectivity index is 2.43. The van der Waals surface area contributed by atoms with Gasteiger partial charge in [-0.25, -0.2) is 0 Å². The highest BCUT2D eigenvalue weighted by molar-refractivity contribution is 6.03. The molecule has 1 aliphatic carbocycles. The molecule has 0 saturated heterocycles. The molecule has 0 aliphatic heterocycles. The van der Waals surface area contributed by atoms with Gasteiger partial charge in [0.05, 0.1) is 11.4 Å². The normalized spacial score (nSPS) is 16.3. The fourth-order valence-electron chi connectivity index (χ4n) is 1.72. The molecule has 3 heteroatoms. The van der Waals surface area contributed by atoms with Gasteiger partial charge >= 0.3 is 0 Å². The molecular weight excluding hydrogens is 200 g/mol. The van der Waals surface area contributed by atoms with Crippen molar-refractivity contribution >= 4 is 11.4 Å². The predicted molar refractivity (Wildman–Crippen MR) is 64.2 cm³/mol. The molecule has 0 amide bonds. The van der Waals surface area contributed by atoms with Crippen LogP contribution in [0.15, 0.2) is 41.7 Å². The Morgan fingerprint density at radius 3 is 2.31 bits per heavy atom. The van der Waals surface area contributed by atoms with Gasteiger partial charge in [0, 0.05) is 12.0 Å². The lowest BCUT2D eigenvalue weighted by Gasteiger charge is -2.15. The molecule has 0 unspecified atom stereocenters. The lowest BCUT2D eigenvalue weighted by Crippen LogP contribution is -2.22. The molecule has 1 aromatic carbocycles. The van der Waals surface area contributed by atoms with Crippen molar-refractivity contribution in [1.82, 2.24) is 0 Å². The number of nitrogens with two attached hydrogens (primary N) is 2. The quantitative estimate of drug-likeness (QED) is 0.744. The summed E-state index contributed by atoms with van der Waals surface area (Å²) in [4.78, 5) is 11.3. The first kappa shape index (κ1) is 10.5. The van der Waals surface area contributed by atoms with Crippen LogP contribution in [-0.2, 0) is 4.79 Å². The van der Waals surface area contributed by atoms with Crippen LogP contribution in [0.3, 0.4) is 0 Å². The molecule has 82 valence electrons. The SMILES string of the molecule is Cc1ccc(C2=CCC(=O)C(N)=C2N)cc1. The van der Waals surface area contributed by atoms with Gasteiger partial charge in [-0.05, 0) is 12.5 Å². The van der Waals surface area contributed by atoms with Crippen LogP contribution in [0.1, 0.15) is 17.5 Å². The van der Waals surface area contributed by atoms with Crippen molar-refractivity contribution < 1.29 is 4.79 Å². The van der Waals surface area contributed by atoms with Gasteiger partial charge in [-0.1, -0.05) is 35.9 Å². The van der Waals surface area contributed by atoms with Crippen LogP contribution in [0.5, 0.6) is 0 Å². The smallest absolute Gasteiger partial charge is 0.184 e. The van der Waals surface area contributed by atoms with Crippen LogP contribution in [0.4, 0.5) is 0 Å². The summed E-state index contributed by atoms with van der Waals surface area (Å²) < 4.78 is 0. The number of hydrogen-bond acceptors (Lipinski definition) is 3. The molecule has 1 aliphatic rings. The minimum atomic E-state index is -0.103. The molecule has 0 bridgehead atoms. The topological polar surface area (TPSA) is 69.1 Å². The zero-order valence-corrected chi connectivity index (χ0v) is 9.16. The van der Waals surface area contributed by atoms with E-state index in [0.29, 0.717) is 12.1 Å². The number of Topliss-reactive ketones (excluding diaryl/α,β-unsaturated/α-hetero) is 1. The maximum absolute atomic E-state index is 11.3. The third-order valence-corrected chi connectivity index (χ3v) is 2.73. The van der Waals surface area contributed by atoms with Gasteiger partial charge in [-0.3, -0.25) is 4.79 Å². The number of allylic oxidation sites excluding steroid dienone is 3. The minimum absolute atomic E-state index is 0.103. The minimum Gasteiger partial charge on any atom is -0.396 e. The Morgan fingerprint density at radius 2 is 1.69 bits per heavy atom. The molecule has 4 N–H and O–H groups in total. The second kappa shape index (κ2) is 3.85. The molecule has 0 atom stereocenters. The van der Waals surface area contributed by atoms with Crippen LogP contribution in [0, 0.1) is 6.92 Å². The Labute approximate surface area is 94.4 Å². The number of aryl methyl sites for hydroxylation is 1. The number of benzene rings is 1. The van der Waals surface area contributed by atoms with E-state index < -0.39 is 0 Å². The Hall–Kier alpha value is -2.03. The summed E-state index contributed by atoms with van der Waals surface area (Å²) in [6.45, 7) is 2.02. The third kappa shape index (κ3) is 1.72.